The number of pyridine rings is 1. The van der Waals surface area contributed by atoms with Crippen molar-refractivity contribution in [2.45, 2.75) is 5.16 Å². The van der Waals surface area contributed by atoms with Crippen LogP contribution in [0, 0.1) is 0 Å². The molecule has 4 aromatic rings. The highest BCUT2D eigenvalue weighted by atomic mass is 35.5. The minimum atomic E-state index is -0.141. The first-order chi connectivity index (χ1) is 14.6. The third kappa shape index (κ3) is 4.64. The third-order valence-corrected chi connectivity index (χ3v) is 5.77. The summed E-state index contributed by atoms with van der Waals surface area (Å²) in [4.78, 5) is 16.5. The van der Waals surface area contributed by atoms with E-state index in [9.17, 15) is 4.79 Å². The normalized spacial score (nSPS) is 10.7. The van der Waals surface area contributed by atoms with Gasteiger partial charge in [0.15, 0.2) is 11.0 Å². The van der Waals surface area contributed by atoms with Gasteiger partial charge < -0.3 is 5.32 Å². The summed E-state index contributed by atoms with van der Waals surface area (Å²) in [6, 6.07) is 18.3. The second kappa shape index (κ2) is 9.30. The molecule has 9 heteroatoms. The summed E-state index contributed by atoms with van der Waals surface area (Å²) in [5, 5.41) is 12.9. The fraction of sp³-hybridized carbons (Fsp3) is 0.0476. The topological polar surface area (TPSA) is 72.7 Å². The number of carbonyl (C=O) groups is 1. The van der Waals surface area contributed by atoms with Crippen molar-refractivity contribution in [3.05, 3.63) is 83.1 Å². The highest BCUT2D eigenvalue weighted by molar-refractivity contribution is 7.99. The van der Waals surface area contributed by atoms with E-state index in [1.54, 1.807) is 24.5 Å². The Morgan fingerprint density at radius 3 is 2.57 bits per heavy atom. The van der Waals surface area contributed by atoms with E-state index in [0.717, 1.165) is 16.9 Å². The molecule has 4 rings (SSSR count). The average molecular weight is 456 g/mol. The van der Waals surface area contributed by atoms with Crippen LogP contribution in [0.3, 0.4) is 0 Å². The predicted octanol–water partition coefficient (Wildman–Crippen LogP) is 5.37. The number of hydrogen-bond donors (Lipinski definition) is 1. The maximum Gasteiger partial charge on any atom is 0.234 e. The number of aromatic nitrogens is 4. The first-order valence-electron chi connectivity index (χ1n) is 8.91. The molecular formula is C21H15Cl2N5OS. The predicted molar refractivity (Wildman–Crippen MR) is 120 cm³/mol. The van der Waals surface area contributed by atoms with Gasteiger partial charge in [0, 0.05) is 23.6 Å². The number of anilines is 1. The molecule has 0 bridgehead atoms. The van der Waals surface area contributed by atoms with Gasteiger partial charge in [-0.3, -0.25) is 14.3 Å². The van der Waals surface area contributed by atoms with Crippen molar-refractivity contribution in [1.29, 1.82) is 0 Å². The summed E-state index contributed by atoms with van der Waals surface area (Å²) in [6.45, 7) is 0. The smallest absolute Gasteiger partial charge is 0.234 e. The molecule has 6 nitrogen and oxygen atoms in total. The van der Waals surface area contributed by atoms with Gasteiger partial charge in [0.05, 0.1) is 21.5 Å². The van der Waals surface area contributed by atoms with Gasteiger partial charge in [-0.05, 0) is 42.5 Å². The number of amides is 1. The standard InChI is InChI=1S/C21H15Cl2N5OS/c22-17-9-8-16(11-18(17)23)28-20(14-5-4-10-24-12-14)26-27-21(28)30-13-19(29)25-15-6-2-1-3-7-15/h1-12H,13H2,(H,25,29). The zero-order chi connectivity index (χ0) is 20.9. The minimum absolute atomic E-state index is 0.141. The maximum atomic E-state index is 12.4. The number of halogens is 2. The molecule has 0 spiro atoms. The Bertz CT molecular complexity index is 1170. The maximum absolute atomic E-state index is 12.4. The van der Waals surface area contributed by atoms with E-state index in [4.69, 9.17) is 23.2 Å². The van der Waals surface area contributed by atoms with Gasteiger partial charge in [-0.1, -0.05) is 53.2 Å². The Balaban J connectivity index is 1.63. The van der Waals surface area contributed by atoms with Crippen LogP contribution in [0.4, 0.5) is 5.69 Å². The van der Waals surface area contributed by atoms with Crippen molar-refractivity contribution < 1.29 is 4.79 Å². The van der Waals surface area contributed by atoms with E-state index in [-0.39, 0.29) is 11.7 Å². The fourth-order valence-corrected chi connectivity index (χ4v) is 3.80. The molecular weight excluding hydrogens is 441 g/mol. The second-order valence-corrected chi connectivity index (χ2v) is 7.94. The zero-order valence-corrected chi connectivity index (χ0v) is 17.8. The molecule has 30 heavy (non-hydrogen) atoms. The van der Waals surface area contributed by atoms with Crippen molar-refractivity contribution in [2.75, 3.05) is 11.1 Å². The van der Waals surface area contributed by atoms with Gasteiger partial charge in [-0.25, -0.2) is 0 Å². The molecule has 1 amide bonds. The molecule has 0 aliphatic heterocycles. The summed E-state index contributed by atoms with van der Waals surface area (Å²) in [5.74, 6) is 0.617. The van der Waals surface area contributed by atoms with Gasteiger partial charge in [0.2, 0.25) is 5.91 Å². The average Bonchev–Trinajstić information content (AvgIpc) is 3.19. The molecule has 0 saturated carbocycles. The minimum Gasteiger partial charge on any atom is -0.325 e. The molecule has 0 atom stereocenters. The van der Waals surface area contributed by atoms with Gasteiger partial charge in [-0.2, -0.15) is 0 Å². The SMILES string of the molecule is O=C(CSc1nnc(-c2cccnc2)n1-c1ccc(Cl)c(Cl)c1)Nc1ccccc1. The highest BCUT2D eigenvalue weighted by Gasteiger charge is 2.18. The molecule has 2 aromatic carbocycles. The summed E-state index contributed by atoms with van der Waals surface area (Å²) in [7, 11) is 0. The van der Waals surface area contributed by atoms with Crippen LogP contribution in [-0.2, 0) is 4.79 Å². The molecule has 2 heterocycles. The quantitative estimate of drug-likeness (QED) is 0.395. The number of benzene rings is 2. The van der Waals surface area contributed by atoms with Crippen LogP contribution < -0.4 is 5.32 Å². The van der Waals surface area contributed by atoms with E-state index in [1.165, 1.54) is 11.8 Å². The first kappa shape index (κ1) is 20.4. The molecule has 0 radical (unpaired) electrons. The monoisotopic (exact) mass is 455 g/mol. The van der Waals surface area contributed by atoms with Crippen LogP contribution in [-0.4, -0.2) is 31.4 Å². The van der Waals surface area contributed by atoms with Crippen molar-refractivity contribution in [2.24, 2.45) is 0 Å². The number of rotatable bonds is 6. The Kier molecular flexibility index (Phi) is 6.32. The lowest BCUT2D eigenvalue weighted by molar-refractivity contribution is -0.113. The number of nitrogens with one attached hydrogen (secondary N) is 1. The molecule has 0 fully saturated rings. The lowest BCUT2D eigenvalue weighted by atomic mass is 10.2. The van der Waals surface area contributed by atoms with Crippen LogP contribution >= 0.6 is 35.0 Å². The summed E-state index contributed by atoms with van der Waals surface area (Å²) < 4.78 is 1.83. The molecule has 1 N–H and O–H groups in total. The van der Waals surface area contributed by atoms with Crippen molar-refractivity contribution in [1.82, 2.24) is 19.7 Å². The van der Waals surface area contributed by atoms with Crippen molar-refractivity contribution in [3.8, 4) is 17.1 Å². The van der Waals surface area contributed by atoms with Crippen LogP contribution in [0.15, 0.2) is 78.2 Å². The van der Waals surface area contributed by atoms with E-state index >= 15 is 0 Å². The van der Waals surface area contributed by atoms with Crippen molar-refractivity contribution >= 4 is 46.6 Å². The third-order valence-electron chi connectivity index (χ3n) is 4.10. The molecule has 0 unspecified atom stereocenters. The van der Waals surface area contributed by atoms with Crippen molar-refractivity contribution in [3.63, 3.8) is 0 Å². The molecule has 2 aromatic heterocycles. The van der Waals surface area contributed by atoms with Crippen LogP contribution in [0.25, 0.3) is 17.1 Å². The highest BCUT2D eigenvalue weighted by Crippen LogP contribution is 2.31. The van der Waals surface area contributed by atoms with E-state index in [2.05, 4.69) is 20.5 Å². The largest absolute Gasteiger partial charge is 0.325 e. The first-order valence-corrected chi connectivity index (χ1v) is 10.6. The fourth-order valence-electron chi connectivity index (χ4n) is 2.75. The van der Waals surface area contributed by atoms with E-state index in [0.29, 0.717) is 21.0 Å². The Labute approximate surface area is 187 Å². The summed E-state index contributed by atoms with van der Waals surface area (Å²) in [6.07, 6.45) is 3.39. The van der Waals surface area contributed by atoms with Gasteiger partial charge >= 0.3 is 0 Å². The Morgan fingerprint density at radius 2 is 1.83 bits per heavy atom. The number of carbonyl (C=O) groups excluding carboxylic acids is 1. The van der Waals surface area contributed by atoms with Crippen LogP contribution in [0.2, 0.25) is 10.0 Å². The molecule has 0 aliphatic rings. The zero-order valence-electron chi connectivity index (χ0n) is 15.5. The van der Waals surface area contributed by atoms with Crippen LogP contribution in [0.1, 0.15) is 0 Å². The lowest BCUT2D eigenvalue weighted by Crippen LogP contribution is -2.14. The van der Waals surface area contributed by atoms with E-state index < -0.39 is 0 Å². The second-order valence-electron chi connectivity index (χ2n) is 6.18. The lowest BCUT2D eigenvalue weighted by Gasteiger charge is -2.11. The van der Waals surface area contributed by atoms with Crippen LogP contribution in [0.5, 0.6) is 0 Å². The molecule has 0 aliphatic carbocycles. The number of hydrogen-bond acceptors (Lipinski definition) is 5. The van der Waals surface area contributed by atoms with E-state index in [1.807, 2.05) is 53.1 Å². The Morgan fingerprint density at radius 1 is 1.00 bits per heavy atom. The Hall–Kier alpha value is -2.87. The molecule has 0 saturated heterocycles. The van der Waals surface area contributed by atoms with Gasteiger partial charge in [-0.15, -0.1) is 10.2 Å². The number of thioether (sulfide) groups is 1. The number of para-hydroxylation sites is 1. The number of nitrogens with zero attached hydrogens (tertiary/aromatic N) is 4. The van der Waals surface area contributed by atoms with Gasteiger partial charge in [0.1, 0.15) is 0 Å². The summed E-state index contributed by atoms with van der Waals surface area (Å²) >= 11 is 13.6. The molecule has 150 valence electrons. The summed E-state index contributed by atoms with van der Waals surface area (Å²) in [5.41, 5.74) is 2.26. The van der Waals surface area contributed by atoms with Gasteiger partial charge in [0.25, 0.3) is 0 Å².